The van der Waals surface area contributed by atoms with E-state index in [1.54, 1.807) is 0 Å². The van der Waals surface area contributed by atoms with Gasteiger partial charge in [0, 0.05) is 5.92 Å². The Bertz CT molecular complexity index is 727. The average molecular weight is 427 g/mol. The quantitative estimate of drug-likeness (QED) is 0.423. The van der Waals surface area contributed by atoms with E-state index < -0.39 is 0 Å². The SMILES string of the molecule is CCC(CCC(C)(C)C1C=CC2C3=C(CCC21C)C1(C)CCC(O)CC1CC3)C(C)C. The van der Waals surface area contributed by atoms with Crippen LogP contribution in [0, 0.1) is 45.8 Å². The second-order valence-corrected chi connectivity index (χ2v) is 13.4. The molecule has 0 bridgehead atoms. The molecule has 1 nitrogen and oxygen atoms in total. The lowest BCUT2D eigenvalue weighted by Crippen LogP contribution is -2.47. The minimum atomic E-state index is -0.0524. The van der Waals surface area contributed by atoms with Crippen molar-refractivity contribution in [3.05, 3.63) is 23.3 Å². The summed E-state index contributed by atoms with van der Waals surface area (Å²) in [7, 11) is 0. The highest BCUT2D eigenvalue weighted by Gasteiger charge is 2.55. The number of aliphatic hydroxyl groups excluding tert-OH is 1. The van der Waals surface area contributed by atoms with Crippen molar-refractivity contribution < 1.29 is 5.11 Å². The van der Waals surface area contributed by atoms with Crippen molar-refractivity contribution in [1.29, 1.82) is 0 Å². The number of hydrogen-bond acceptors (Lipinski definition) is 1. The molecular formula is C30H50O. The fourth-order valence-electron chi connectivity index (χ4n) is 8.80. The largest absolute Gasteiger partial charge is 0.393 e. The topological polar surface area (TPSA) is 20.2 Å². The summed E-state index contributed by atoms with van der Waals surface area (Å²) in [6.45, 7) is 17.5. The first-order valence-corrected chi connectivity index (χ1v) is 13.6. The Morgan fingerprint density at radius 3 is 2.52 bits per heavy atom. The number of rotatable bonds is 6. The van der Waals surface area contributed by atoms with Gasteiger partial charge in [-0.2, -0.15) is 0 Å². The summed E-state index contributed by atoms with van der Waals surface area (Å²) in [6, 6.07) is 0. The summed E-state index contributed by atoms with van der Waals surface area (Å²) in [4.78, 5) is 0. The number of fused-ring (bicyclic) bond motifs is 4. The van der Waals surface area contributed by atoms with E-state index in [0.29, 0.717) is 34.0 Å². The molecule has 0 aromatic heterocycles. The zero-order valence-electron chi connectivity index (χ0n) is 21.6. The van der Waals surface area contributed by atoms with Gasteiger partial charge in [-0.25, -0.2) is 0 Å². The van der Waals surface area contributed by atoms with Crippen molar-refractivity contribution >= 4 is 0 Å². The lowest BCUT2D eigenvalue weighted by molar-refractivity contribution is 0.00846. The van der Waals surface area contributed by atoms with Crippen LogP contribution in [0.5, 0.6) is 0 Å². The van der Waals surface area contributed by atoms with Gasteiger partial charge in [-0.15, -0.1) is 0 Å². The van der Waals surface area contributed by atoms with E-state index >= 15 is 0 Å². The van der Waals surface area contributed by atoms with Gasteiger partial charge in [0.25, 0.3) is 0 Å². The molecule has 4 rings (SSSR count). The predicted molar refractivity (Wildman–Crippen MR) is 133 cm³/mol. The fraction of sp³-hybridized carbons (Fsp3) is 0.867. The van der Waals surface area contributed by atoms with Gasteiger partial charge in [-0.1, -0.05) is 78.2 Å². The standard InChI is InChI=1S/C30H50O/c1-8-21(20(2)3)13-16-28(4,5)27-12-11-25-24-10-9-22-19-23(31)14-17-29(22,6)26(24)15-18-30(25,27)7/h11-12,20-23,25,27,31H,8-10,13-19H2,1-7H3. The summed E-state index contributed by atoms with van der Waals surface area (Å²) in [5.74, 6) is 3.74. The molecule has 1 saturated carbocycles. The average Bonchev–Trinajstić information content (AvgIpc) is 3.07. The van der Waals surface area contributed by atoms with E-state index in [4.69, 9.17) is 0 Å². The van der Waals surface area contributed by atoms with Crippen molar-refractivity contribution in [3.8, 4) is 0 Å². The van der Waals surface area contributed by atoms with E-state index in [2.05, 4.69) is 60.6 Å². The van der Waals surface area contributed by atoms with E-state index in [-0.39, 0.29) is 6.10 Å². The van der Waals surface area contributed by atoms with Crippen LogP contribution in [0.4, 0.5) is 0 Å². The second kappa shape index (κ2) is 8.34. The Morgan fingerprint density at radius 1 is 1.10 bits per heavy atom. The molecule has 1 fully saturated rings. The van der Waals surface area contributed by atoms with Crippen LogP contribution in [0.2, 0.25) is 0 Å². The molecule has 7 unspecified atom stereocenters. The van der Waals surface area contributed by atoms with Crippen LogP contribution in [0.25, 0.3) is 0 Å². The first-order valence-electron chi connectivity index (χ1n) is 13.6. The highest BCUT2D eigenvalue weighted by Crippen LogP contribution is 2.65. The van der Waals surface area contributed by atoms with Crippen molar-refractivity contribution in [3.63, 3.8) is 0 Å². The second-order valence-electron chi connectivity index (χ2n) is 13.4. The lowest BCUT2D eigenvalue weighted by Gasteiger charge is -2.56. The van der Waals surface area contributed by atoms with Crippen LogP contribution >= 0.6 is 0 Å². The molecular weight excluding hydrogens is 376 g/mol. The first kappa shape index (κ1) is 23.6. The van der Waals surface area contributed by atoms with Crippen LogP contribution in [-0.4, -0.2) is 11.2 Å². The van der Waals surface area contributed by atoms with Gasteiger partial charge in [0.2, 0.25) is 0 Å². The van der Waals surface area contributed by atoms with Gasteiger partial charge in [0.1, 0.15) is 0 Å². The number of aliphatic hydroxyl groups is 1. The zero-order valence-corrected chi connectivity index (χ0v) is 21.6. The minimum absolute atomic E-state index is 0.0524. The summed E-state index contributed by atoms with van der Waals surface area (Å²) >= 11 is 0. The van der Waals surface area contributed by atoms with Crippen LogP contribution in [0.3, 0.4) is 0 Å². The molecule has 1 N–H and O–H groups in total. The normalized spacial score (nSPS) is 41.2. The Hall–Kier alpha value is -0.560. The van der Waals surface area contributed by atoms with Gasteiger partial charge >= 0.3 is 0 Å². The molecule has 7 atom stereocenters. The molecule has 0 radical (unpaired) electrons. The van der Waals surface area contributed by atoms with Crippen molar-refractivity contribution in [2.75, 3.05) is 0 Å². The third-order valence-corrected chi connectivity index (χ3v) is 11.0. The molecule has 0 heterocycles. The molecule has 4 aliphatic rings. The number of allylic oxidation sites excluding steroid dienone is 4. The maximum atomic E-state index is 10.3. The molecule has 0 aromatic rings. The zero-order chi connectivity index (χ0) is 22.6. The van der Waals surface area contributed by atoms with Gasteiger partial charge < -0.3 is 5.11 Å². The van der Waals surface area contributed by atoms with Gasteiger partial charge in [-0.05, 0) is 97.7 Å². The molecule has 0 saturated heterocycles. The smallest absolute Gasteiger partial charge is 0.0543 e. The summed E-state index contributed by atoms with van der Waals surface area (Å²) in [5, 5.41) is 10.3. The maximum Gasteiger partial charge on any atom is 0.0543 e. The van der Waals surface area contributed by atoms with Gasteiger partial charge in [0.05, 0.1) is 6.10 Å². The van der Waals surface area contributed by atoms with Crippen LogP contribution in [0.15, 0.2) is 23.3 Å². The Kier molecular flexibility index (Phi) is 6.35. The predicted octanol–water partition coefficient (Wildman–Crippen LogP) is 8.34. The van der Waals surface area contributed by atoms with E-state index in [9.17, 15) is 5.11 Å². The highest BCUT2D eigenvalue weighted by molar-refractivity contribution is 5.38. The summed E-state index contributed by atoms with van der Waals surface area (Å²) < 4.78 is 0. The molecule has 1 heteroatoms. The first-order chi connectivity index (χ1) is 14.5. The minimum Gasteiger partial charge on any atom is -0.393 e. The third kappa shape index (κ3) is 3.89. The molecule has 31 heavy (non-hydrogen) atoms. The molecule has 0 spiro atoms. The highest BCUT2D eigenvalue weighted by atomic mass is 16.3. The van der Waals surface area contributed by atoms with Crippen LogP contribution in [0.1, 0.15) is 113 Å². The summed E-state index contributed by atoms with van der Waals surface area (Å²) in [6.07, 6.45) is 17.8. The Labute approximate surface area is 193 Å². The molecule has 0 aliphatic heterocycles. The van der Waals surface area contributed by atoms with Crippen molar-refractivity contribution in [2.24, 2.45) is 45.8 Å². The summed E-state index contributed by atoms with van der Waals surface area (Å²) in [5.41, 5.74) is 4.79. The molecule has 0 aromatic carbocycles. The third-order valence-electron chi connectivity index (χ3n) is 11.0. The Balaban J connectivity index is 1.56. The maximum absolute atomic E-state index is 10.3. The van der Waals surface area contributed by atoms with Gasteiger partial charge in [-0.3, -0.25) is 0 Å². The van der Waals surface area contributed by atoms with Crippen molar-refractivity contribution in [1.82, 2.24) is 0 Å². The van der Waals surface area contributed by atoms with Crippen molar-refractivity contribution in [2.45, 2.75) is 119 Å². The molecule has 0 amide bonds. The Morgan fingerprint density at radius 2 is 1.84 bits per heavy atom. The van der Waals surface area contributed by atoms with E-state index in [1.165, 1.54) is 51.4 Å². The molecule has 176 valence electrons. The number of hydrogen-bond donors (Lipinski definition) is 1. The molecule has 4 aliphatic carbocycles. The van der Waals surface area contributed by atoms with Crippen LogP contribution in [-0.2, 0) is 0 Å². The fourth-order valence-corrected chi connectivity index (χ4v) is 8.80. The van der Waals surface area contributed by atoms with E-state index in [0.717, 1.165) is 24.7 Å². The van der Waals surface area contributed by atoms with Gasteiger partial charge in [0.15, 0.2) is 0 Å². The van der Waals surface area contributed by atoms with E-state index in [1.807, 2.05) is 11.1 Å². The van der Waals surface area contributed by atoms with Crippen LogP contribution < -0.4 is 0 Å². The monoisotopic (exact) mass is 426 g/mol. The lowest BCUT2D eigenvalue weighted by atomic mass is 9.49.